The van der Waals surface area contributed by atoms with Crippen LogP contribution in [-0.4, -0.2) is 21.3 Å². The Hall–Kier alpha value is -2.69. The third-order valence-corrected chi connectivity index (χ3v) is 3.60. The minimum absolute atomic E-state index is 0.214. The van der Waals surface area contributed by atoms with Gasteiger partial charge in [0.1, 0.15) is 0 Å². The van der Waals surface area contributed by atoms with Crippen LogP contribution in [0, 0.1) is 0 Å². The summed E-state index contributed by atoms with van der Waals surface area (Å²) in [4.78, 5) is 22.8. The first-order valence-electron chi connectivity index (χ1n) is 6.74. The number of hydrogen-bond acceptors (Lipinski definition) is 3. The van der Waals surface area contributed by atoms with Crippen LogP contribution in [0.4, 0.5) is 0 Å². The van der Waals surface area contributed by atoms with Gasteiger partial charge in [0.05, 0.1) is 11.1 Å². The first kappa shape index (κ1) is 13.3. The number of allylic oxidation sites excluding steroid dienone is 3. The number of aromatic amines is 1. The zero-order chi connectivity index (χ0) is 14.8. The summed E-state index contributed by atoms with van der Waals surface area (Å²) in [5.74, 6) is -0.875. The molecule has 1 aromatic carbocycles. The van der Waals surface area contributed by atoms with Gasteiger partial charge in [-0.1, -0.05) is 24.3 Å². The van der Waals surface area contributed by atoms with E-state index in [9.17, 15) is 9.59 Å². The summed E-state index contributed by atoms with van der Waals surface area (Å²) in [5, 5.41) is 17.1. The highest BCUT2D eigenvalue weighted by atomic mass is 16.4. The maximum absolute atomic E-state index is 11.7. The van der Waals surface area contributed by atoms with Crippen molar-refractivity contribution in [3.8, 4) is 0 Å². The van der Waals surface area contributed by atoms with Crippen molar-refractivity contribution in [2.24, 2.45) is 0 Å². The number of hydrogen-bond donors (Lipinski definition) is 2. The monoisotopic (exact) mass is 282 g/mol. The van der Waals surface area contributed by atoms with E-state index < -0.39 is 5.97 Å². The van der Waals surface area contributed by atoms with Crippen molar-refractivity contribution < 1.29 is 9.90 Å². The molecule has 0 aliphatic heterocycles. The van der Waals surface area contributed by atoms with Gasteiger partial charge >= 0.3 is 5.97 Å². The maximum atomic E-state index is 11.7. The fourth-order valence-electron chi connectivity index (χ4n) is 2.56. The molecule has 1 aliphatic carbocycles. The lowest BCUT2D eigenvalue weighted by molar-refractivity contribution is -0.132. The molecular weight excluding hydrogens is 268 g/mol. The molecule has 106 valence electrons. The summed E-state index contributed by atoms with van der Waals surface area (Å²) in [5.41, 5.74) is 1.87. The third kappa shape index (κ3) is 2.63. The quantitative estimate of drug-likeness (QED) is 0.904. The number of fused-ring (bicyclic) bond motifs is 1. The zero-order valence-electron chi connectivity index (χ0n) is 11.3. The van der Waals surface area contributed by atoms with Crippen LogP contribution in [0.1, 0.15) is 18.5 Å². The van der Waals surface area contributed by atoms with E-state index in [4.69, 9.17) is 5.11 Å². The van der Waals surface area contributed by atoms with Gasteiger partial charge in [0.2, 0.25) is 0 Å². The van der Waals surface area contributed by atoms with Crippen LogP contribution in [0.3, 0.4) is 0 Å². The van der Waals surface area contributed by atoms with E-state index in [1.807, 2.05) is 24.3 Å². The molecule has 1 aliphatic rings. The van der Waals surface area contributed by atoms with Gasteiger partial charge in [-0.2, -0.15) is 5.10 Å². The summed E-state index contributed by atoms with van der Waals surface area (Å²) in [6.07, 6.45) is 5.50. The Morgan fingerprint density at radius 2 is 2.05 bits per heavy atom. The fourth-order valence-corrected chi connectivity index (χ4v) is 2.56. The highest BCUT2D eigenvalue weighted by molar-refractivity contribution is 5.88. The number of H-pyrrole nitrogens is 1. The molecule has 2 aromatic rings. The van der Waals surface area contributed by atoms with Gasteiger partial charge in [0.25, 0.3) is 5.56 Å². The van der Waals surface area contributed by atoms with Crippen LogP contribution in [0.2, 0.25) is 0 Å². The number of aliphatic carboxylic acids is 1. The maximum Gasteiger partial charge on any atom is 0.331 e. The van der Waals surface area contributed by atoms with Gasteiger partial charge in [0.15, 0.2) is 0 Å². The van der Waals surface area contributed by atoms with Gasteiger partial charge in [-0.25, -0.2) is 9.89 Å². The Labute approximate surface area is 120 Å². The molecule has 2 N–H and O–H groups in total. The van der Waals surface area contributed by atoms with Gasteiger partial charge in [-0.3, -0.25) is 4.79 Å². The normalized spacial score (nSPS) is 14.7. The minimum atomic E-state index is -0.875. The van der Waals surface area contributed by atoms with Crippen molar-refractivity contribution >= 4 is 16.7 Å². The molecule has 21 heavy (non-hydrogen) atoms. The Morgan fingerprint density at radius 1 is 1.29 bits per heavy atom. The van der Waals surface area contributed by atoms with Crippen LogP contribution in [0.5, 0.6) is 0 Å². The summed E-state index contributed by atoms with van der Waals surface area (Å²) >= 11 is 0. The molecule has 5 nitrogen and oxygen atoms in total. The Bertz CT molecular complexity index is 831. The van der Waals surface area contributed by atoms with Crippen molar-refractivity contribution in [2.45, 2.75) is 19.3 Å². The summed E-state index contributed by atoms with van der Waals surface area (Å²) < 4.78 is 0. The number of aromatic nitrogens is 2. The van der Waals surface area contributed by atoms with Gasteiger partial charge in [-0.05, 0) is 30.6 Å². The molecule has 0 atom stereocenters. The van der Waals surface area contributed by atoms with E-state index >= 15 is 0 Å². The lowest BCUT2D eigenvalue weighted by Gasteiger charge is -2.11. The number of nitrogens with one attached hydrogen (secondary N) is 1. The lowest BCUT2D eigenvalue weighted by Crippen LogP contribution is -2.12. The summed E-state index contributed by atoms with van der Waals surface area (Å²) in [7, 11) is 0. The van der Waals surface area contributed by atoms with Crippen molar-refractivity contribution in [3.05, 3.63) is 63.6 Å². The molecule has 0 spiro atoms. The number of rotatable bonds is 3. The molecule has 0 unspecified atom stereocenters. The van der Waals surface area contributed by atoms with Crippen LogP contribution in [0.15, 0.2) is 52.4 Å². The van der Waals surface area contributed by atoms with Gasteiger partial charge in [0, 0.05) is 17.4 Å². The average molecular weight is 282 g/mol. The predicted molar refractivity (Wildman–Crippen MR) is 79.1 cm³/mol. The third-order valence-electron chi connectivity index (χ3n) is 3.60. The second kappa shape index (κ2) is 5.36. The van der Waals surface area contributed by atoms with Crippen LogP contribution in [-0.2, 0) is 11.2 Å². The van der Waals surface area contributed by atoms with Gasteiger partial charge < -0.3 is 5.11 Å². The average Bonchev–Trinajstić information content (AvgIpc) is 2.51. The summed E-state index contributed by atoms with van der Waals surface area (Å²) in [6.45, 7) is 0. The second-order valence-electron chi connectivity index (χ2n) is 5.01. The number of carbonyl (C=O) groups is 1. The van der Waals surface area contributed by atoms with Gasteiger partial charge in [-0.15, -0.1) is 0 Å². The van der Waals surface area contributed by atoms with Crippen molar-refractivity contribution in [1.82, 2.24) is 10.2 Å². The highest BCUT2D eigenvalue weighted by Crippen LogP contribution is 2.22. The van der Waals surface area contributed by atoms with E-state index in [1.165, 1.54) is 0 Å². The first-order chi connectivity index (χ1) is 10.1. The van der Waals surface area contributed by atoms with Crippen molar-refractivity contribution in [1.29, 1.82) is 0 Å². The molecule has 0 radical (unpaired) electrons. The lowest BCUT2D eigenvalue weighted by atomic mass is 9.95. The highest BCUT2D eigenvalue weighted by Gasteiger charge is 2.14. The Balaban J connectivity index is 2.00. The molecule has 1 heterocycles. The summed E-state index contributed by atoms with van der Waals surface area (Å²) in [6, 6.07) is 7.29. The Kier molecular flexibility index (Phi) is 3.39. The van der Waals surface area contributed by atoms with Crippen molar-refractivity contribution in [3.63, 3.8) is 0 Å². The fraction of sp³-hybridized carbons (Fsp3) is 0.188. The molecule has 0 saturated heterocycles. The number of benzene rings is 1. The number of carboxylic acid groups (broad SMARTS) is 1. The zero-order valence-corrected chi connectivity index (χ0v) is 11.3. The smallest absolute Gasteiger partial charge is 0.331 e. The molecule has 0 amide bonds. The van der Waals surface area contributed by atoms with E-state index in [1.54, 1.807) is 12.1 Å². The van der Waals surface area contributed by atoms with E-state index in [2.05, 4.69) is 10.2 Å². The van der Waals surface area contributed by atoms with Crippen LogP contribution < -0.4 is 5.56 Å². The molecule has 3 rings (SSSR count). The van der Waals surface area contributed by atoms with Crippen molar-refractivity contribution in [2.75, 3.05) is 0 Å². The second-order valence-corrected chi connectivity index (χ2v) is 5.01. The Morgan fingerprint density at radius 3 is 2.81 bits per heavy atom. The largest absolute Gasteiger partial charge is 0.478 e. The predicted octanol–water partition coefficient (Wildman–Crippen LogP) is 2.20. The first-order valence-corrected chi connectivity index (χ1v) is 6.74. The van der Waals surface area contributed by atoms with Crippen LogP contribution in [0.25, 0.3) is 10.8 Å². The molecule has 5 heteroatoms. The molecule has 0 bridgehead atoms. The van der Waals surface area contributed by atoms with E-state index in [-0.39, 0.29) is 5.56 Å². The topological polar surface area (TPSA) is 83.0 Å². The molecule has 1 aromatic heterocycles. The number of nitrogens with zero attached hydrogens (tertiary/aromatic N) is 1. The molecule has 0 fully saturated rings. The standard InChI is InChI=1S/C16H14N2O3/c19-15-13-7-2-1-6-12(13)14(17-18-15)9-10-4-3-5-11(8-10)16(20)21/h1-2,4,6-8H,3,5,9H2,(H,18,19)(H,20,21). The van der Waals surface area contributed by atoms with E-state index in [0.29, 0.717) is 23.8 Å². The van der Waals surface area contributed by atoms with E-state index in [0.717, 1.165) is 23.1 Å². The SMILES string of the molecule is O=C(O)C1=CC(Cc2n[nH]c(=O)c3ccccc23)=CCC1. The van der Waals surface area contributed by atoms with Crippen LogP contribution >= 0.6 is 0 Å². The molecular formula is C16H14N2O3. The minimum Gasteiger partial charge on any atom is -0.478 e. The number of carboxylic acids is 1. The molecule has 0 saturated carbocycles.